The second-order valence-electron chi connectivity index (χ2n) is 5.29. The van der Waals surface area contributed by atoms with Crippen LogP contribution in [-0.2, 0) is 11.2 Å². The Morgan fingerprint density at radius 1 is 1.20 bits per heavy atom. The van der Waals surface area contributed by atoms with Crippen molar-refractivity contribution in [3.63, 3.8) is 0 Å². The molecule has 2 rings (SSSR count). The van der Waals surface area contributed by atoms with E-state index in [2.05, 4.69) is 26.1 Å². The van der Waals surface area contributed by atoms with Crippen LogP contribution in [-0.4, -0.2) is 27.3 Å². The average Bonchev–Trinajstić information content (AvgIpc) is 2.61. The molecular formula is C16H20N6O3. The Morgan fingerprint density at radius 3 is 2.60 bits per heavy atom. The van der Waals surface area contributed by atoms with Crippen LogP contribution >= 0.6 is 0 Å². The molecule has 9 nitrogen and oxygen atoms in total. The number of aromatic nitrogens is 2. The minimum atomic E-state index is -0.583. The predicted octanol–water partition coefficient (Wildman–Crippen LogP) is 2.28. The summed E-state index contributed by atoms with van der Waals surface area (Å²) in [4.78, 5) is 30.5. The van der Waals surface area contributed by atoms with Gasteiger partial charge in [0.15, 0.2) is 0 Å². The van der Waals surface area contributed by atoms with Crippen molar-refractivity contribution >= 4 is 23.2 Å². The molecule has 0 radical (unpaired) electrons. The number of hydrazine groups is 1. The van der Waals surface area contributed by atoms with E-state index in [0.29, 0.717) is 6.54 Å². The first kappa shape index (κ1) is 18.1. The van der Waals surface area contributed by atoms with Crippen LogP contribution < -0.4 is 16.2 Å². The monoisotopic (exact) mass is 344 g/mol. The van der Waals surface area contributed by atoms with Gasteiger partial charge in [-0.05, 0) is 12.0 Å². The summed E-state index contributed by atoms with van der Waals surface area (Å²) < 4.78 is 0. The number of amides is 1. The third kappa shape index (κ3) is 5.41. The first-order chi connectivity index (χ1) is 12.1. The van der Waals surface area contributed by atoms with Crippen molar-refractivity contribution in [2.24, 2.45) is 0 Å². The molecule has 0 fully saturated rings. The molecule has 1 aromatic heterocycles. The number of nitro groups is 1. The highest BCUT2D eigenvalue weighted by Gasteiger charge is 2.23. The van der Waals surface area contributed by atoms with E-state index in [-0.39, 0.29) is 29.7 Å². The molecule has 0 bridgehead atoms. The summed E-state index contributed by atoms with van der Waals surface area (Å²) in [6.07, 6.45) is 3.16. The van der Waals surface area contributed by atoms with Gasteiger partial charge in [0.25, 0.3) is 0 Å². The van der Waals surface area contributed by atoms with Crippen molar-refractivity contribution in [1.82, 2.24) is 15.4 Å². The van der Waals surface area contributed by atoms with E-state index in [9.17, 15) is 14.9 Å². The van der Waals surface area contributed by atoms with Crippen LogP contribution in [0.1, 0.15) is 25.3 Å². The first-order valence-corrected chi connectivity index (χ1v) is 7.93. The Hall–Kier alpha value is -3.23. The van der Waals surface area contributed by atoms with Gasteiger partial charge in [-0.3, -0.25) is 25.8 Å². The van der Waals surface area contributed by atoms with E-state index in [0.717, 1.165) is 18.4 Å². The highest BCUT2D eigenvalue weighted by atomic mass is 16.6. The SMILES string of the molecule is CCCCNc1ncnc(NNC(=O)Cc2ccccc2)c1[N+](=O)[O-]. The fourth-order valence-corrected chi connectivity index (χ4v) is 2.11. The zero-order valence-electron chi connectivity index (χ0n) is 13.9. The van der Waals surface area contributed by atoms with E-state index in [1.807, 2.05) is 37.3 Å². The normalized spacial score (nSPS) is 10.1. The van der Waals surface area contributed by atoms with Crippen molar-refractivity contribution in [2.45, 2.75) is 26.2 Å². The first-order valence-electron chi connectivity index (χ1n) is 7.93. The van der Waals surface area contributed by atoms with E-state index < -0.39 is 4.92 Å². The number of nitrogens with one attached hydrogen (secondary N) is 3. The maximum atomic E-state index is 12.0. The van der Waals surface area contributed by atoms with Crippen molar-refractivity contribution in [3.05, 3.63) is 52.3 Å². The molecule has 0 saturated carbocycles. The molecule has 0 saturated heterocycles. The summed E-state index contributed by atoms with van der Waals surface area (Å²) in [5.41, 5.74) is 5.47. The van der Waals surface area contributed by atoms with Gasteiger partial charge in [-0.2, -0.15) is 0 Å². The summed E-state index contributed by atoms with van der Waals surface area (Å²) in [5.74, 6) is -0.284. The zero-order valence-corrected chi connectivity index (χ0v) is 13.9. The van der Waals surface area contributed by atoms with Crippen molar-refractivity contribution in [2.75, 3.05) is 17.3 Å². The predicted molar refractivity (Wildman–Crippen MR) is 94.0 cm³/mol. The van der Waals surface area contributed by atoms with Gasteiger partial charge in [0.05, 0.1) is 11.3 Å². The number of hydrogen-bond donors (Lipinski definition) is 3. The van der Waals surface area contributed by atoms with Gasteiger partial charge in [-0.1, -0.05) is 43.7 Å². The van der Waals surface area contributed by atoms with E-state index in [4.69, 9.17) is 0 Å². The molecule has 0 unspecified atom stereocenters. The van der Waals surface area contributed by atoms with Crippen LogP contribution in [0, 0.1) is 10.1 Å². The highest BCUT2D eigenvalue weighted by molar-refractivity contribution is 5.80. The maximum Gasteiger partial charge on any atom is 0.354 e. The average molecular weight is 344 g/mol. The molecule has 1 heterocycles. The van der Waals surface area contributed by atoms with Crippen molar-refractivity contribution in [1.29, 1.82) is 0 Å². The Bertz CT molecular complexity index is 723. The fourth-order valence-electron chi connectivity index (χ4n) is 2.11. The van der Waals surface area contributed by atoms with E-state index >= 15 is 0 Å². The van der Waals surface area contributed by atoms with Crippen molar-refractivity contribution < 1.29 is 9.72 Å². The van der Waals surface area contributed by atoms with Gasteiger partial charge in [0, 0.05) is 6.54 Å². The second kappa shape index (κ2) is 9.16. The van der Waals surface area contributed by atoms with Crippen LogP contribution in [0.3, 0.4) is 0 Å². The second-order valence-corrected chi connectivity index (χ2v) is 5.29. The third-order valence-corrected chi connectivity index (χ3v) is 3.36. The van der Waals surface area contributed by atoms with Gasteiger partial charge in [-0.15, -0.1) is 0 Å². The smallest absolute Gasteiger partial charge is 0.354 e. The molecule has 1 aromatic carbocycles. The number of nitrogens with zero attached hydrogens (tertiary/aromatic N) is 3. The fraction of sp³-hybridized carbons (Fsp3) is 0.312. The molecular weight excluding hydrogens is 324 g/mol. The number of hydrogen-bond acceptors (Lipinski definition) is 7. The number of carbonyl (C=O) groups excluding carboxylic acids is 1. The molecule has 9 heteroatoms. The Labute approximate surface area is 145 Å². The Morgan fingerprint density at radius 2 is 1.92 bits per heavy atom. The van der Waals surface area contributed by atoms with Crippen LogP contribution in [0.4, 0.5) is 17.3 Å². The van der Waals surface area contributed by atoms with Crippen LogP contribution in [0.2, 0.25) is 0 Å². The van der Waals surface area contributed by atoms with Gasteiger partial charge in [0.2, 0.25) is 17.5 Å². The topological polar surface area (TPSA) is 122 Å². The quantitative estimate of drug-likeness (QED) is 0.362. The summed E-state index contributed by atoms with van der Waals surface area (Å²) in [6, 6.07) is 9.17. The largest absolute Gasteiger partial charge is 0.364 e. The molecule has 0 aliphatic carbocycles. The van der Waals surface area contributed by atoms with Gasteiger partial charge in [-0.25, -0.2) is 9.97 Å². The summed E-state index contributed by atoms with van der Waals surface area (Å²) in [6.45, 7) is 2.58. The number of carbonyl (C=O) groups is 1. The maximum absolute atomic E-state index is 12.0. The minimum Gasteiger partial charge on any atom is -0.364 e. The molecule has 0 aliphatic rings. The lowest BCUT2D eigenvalue weighted by molar-refractivity contribution is -0.383. The van der Waals surface area contributed by atoms with Gasteiger partial charge < -0.3 is 5.32 Å². The number of rotatable bonds is 9. The molecule has 0 atom stereocenters. The van der Waals surface area contributed by atoms with Crippen LogP contribution in [0.5, 0.6) is 0 Å². The Balaban J connectivity index is 2.04. The molecule has 25 heavy (non-hydrogen) atoms. The zero-order chi connectivity index (χ0) is 18.1. The summed E-state index contributed by atoms with van der Waals surface area (Å²) >= 11 is 0. The Kier molecular flexibility index (Phi) is 6.64. The third-order valence-electron chi connectivity index (χ3n) is 3.36. The number of anilines is 2. The molecule has 0 aliphatic heterocycles. The highest BCUT2D eigenvalue weighted by Crippen LogP contribution is 2.28. The number of unbranched alkanes of at least 4 members (excludes halogenated alkanes) is 1. The molecule has 1 amide bonds. The number of benzene rings is 1. The lowest BCUT2D eigenvalue weighted by Gasteiger charge is -2.10. The van der Waals surface area contributed by atoms with Crippen LogP contribution in [0.15, 0.2) is 36.7 Å². The van der Waals surface area contributed by atoms with E-state index in [1.165, 1.54) is 6.33 Å². The minimum absolute atomic E-state index is 0.0691. The standard InChI is InChI=1S/C16H20N6O3/c1-2-3-9-17-15-14(22(24)25)16(19-11-18-15)21-20-13(23)10-12-7-5-4-6-8-12/h4-8,11H,2-3,9-10H2,1H3,(H,20,23)(H2,17,18,19,21). The van der Waals surface area contributed by atoms with Gasteiger partial charge in [0.1, 0.15) is 6.33 Å². The molecule has 132 valence electrons. The lowest BCUT2D eigenvalue weighted by Crippen LogP contribution is -2.31. The van der Waals surface area contributed by atoms with E-state index in [1.54, 1.807) is 0 Å². The lowest BCUT2D eigenvalue weighted by atomic mass is 10.1. The van der Waals surface area contributed by atoms with Crippen LogP contribution in [0.25, 0.3) is 0 Å². The summed E-state index contributed by atoms with van der Waals surface area (Å²) in [5, 5.41) is 14.3. The van der Waals surface area contributed by atoms with Crippen molar-refractivity contribution in [3.8, 4) is 0 Å². The molecule has 0 spiro atoms. The molecule has 3 N–H and O–H groups in total. The summed E-state index contributed by atoms with van der Waals surface area (Å²) in [7, 11) is 0. The molecule has 2 aromatic rings. The van der Waals surface area contributed by atoms with Gasteiger partial charge >= 0.3 is 5.69 Å².